The predicted molar refractivity (Wildman–Crippen MR) is 55.2 cm³/mol. The average Bonchev–Trinajstić information content (AvgIpc) is 2.14. The van der Waals surface area contributed by atoms with Gasteiger partial charge in [-0.05, 0) is 12.1 Å². The monoisotopic (exact) mass is 266 g/mol. The number of rotatable bonds is 2. The first-order valence-electron chi connectivity index (χ1n) is 4.40. The van der Waals surface area contributed by atoms with Crippen molar-refractivity contribution in [2.75, 3.05) is 6.79 Å². The lowest BCUT2D eigenvalue weighted by atomic mass is 10.1. The van der Waals surface area contributed by atoms with Crippen LogP contribution in [0.3, 0.4) is 0 Å². The van der Waals surface area contributed by atoms with Crippen LogP contribution < -0.4 is 4.74 Å². The van der Waals surface area contributed by atoms with Crippen molar-refractivity contribution >= 4 is 19.7 Å². The minimum atomic E-state index is -3.74. The van der Waals surface area contributed by atoms with E-state index >= 15 is 0 Å². The van der Waals surface area contributed by atoms with E-state index in [4.69, 9.17) is 20.2 Å². The summed E-state index contributed by atoms with van der Waals surface area (Å²) in [7, 11) is 1.38. The van der Waals surface area contributed by atoms with Crippen LogP contribution in [0.15, 0.2) is 12.1 Å². The van der Waals surface area contributed by atoms with Crippen molar-refractivity contribution in [3.63, 3.8) is 0 Å². The molecule has 0 N–H and O–H groups in total. The molecule has 0 aliphatic carbocycles. The second kappa shape index (κ2) is 4.20. The van der Waals surface area contributed by atoms with Crippen molar-refractivity contribution < 1.29 is 22.3 Å². The first-order chi connectivity index (χ1) is 7.46. The van der Waals surface area contributed by atoms with Gasteiger partial charge in [-0.1, -0.05) is 0 Å². The number of benzene rings is 1. The largest absolute Gasteiger partial charge is 0.467 e. The molecule has 1 aromatic rings. The van der Waals surface area contributed by atoms with E-state index in [1.807, 2.05) is 0 Å². The van der Waals surface area contributed by atoms with Gasteiger partial charge in [-0.2, -0.15) is 0 Å². The molecule has 0 amide bonds. The molecule has 4 nitrogen and oxygen atoms in total. The minimum Gasteiger partial charge on any atom is -0.467 e. The number of ether oxygens (including phenoxy) is 2. The molecule has 0 spiro atoms. The summed E-state index contributed by atoms with van der Waals surface area (Å²) in [5.74, 6) is -0.658. The summed E-state index contributed by atoms with van der Waals surface area (Å²) >= 11 is 0. The van der Waals surface area contributed by atoms with E-state index in [-0.39, 0.29) is 19.0 Å². The van der Waals surface area contributed by atoms with Gasteiger partial charge in [0.05, 0.1) is 12.4 Å². The van der Waals surface area contributed by atoms with Gasteiger partial charge < -0.3 is 9.47 Å². The maximum atomic E-state index is 13.2. The maximum absolute atomic E-state index is 13.2. The SMILES string of the molecule is O=S(=O)(Cl)Cc1cc(F)cc2c1OCOC2. The van der Waals surface area contributed by atoms with Gasteiger partial charge in [0.15, 0.2) is 6.79 Å². The standard InChI is InChI=1S/C9H8ClFO4S/c10-16(12,13)4-7-2-8(11)1-6-3-14-5-15-9(6)7/h1-2H,3-5H2. The Hall–Kier alpha value is -0.850. The Labute approximate surface area is 96.3 Å². The molecule has 0 aromatic heterocycles. The van der Waals surface area contributed by atoms with Crippen molar-refractivity contribution in [3.05, 3.63) is 29.1 Å². The maximum Gasteiger partial charge on any atom is 0.236 e. The molecule has 0 radical (unpaired) electrons. The van der Waals surface area contributed by atoms with E-state index in [1.165, 1.54) is 6.07 Å². The Morgan fingerprint density at radius 1 is 1.44 bits per heavy atom. The zero-order chi connectivity index (χ0) is 11.8. The molecular weight excluding hydrogens is 259 g/mol. The third kappa shape index (κ3) is 2.63. The minimum absolute atomic E-state index is 0.0218. The lowest BCUT2D eigenvalue weighted by Crippen LogP contribution is -2.14. The highest BCUT2D eigenvalue weighted by atomic mass is 35.7. The van der Waals surface area contributed by atoms with E-state index < -0.39 is 20.6 Å². The highest BCUT2D eigenvalue weighted by molar-refractivity contribution is 8.13. The van der Waals surface area contributed by atoms with Gasteiger partial charge in [0.2, 0.25) is 9.05 Å². The molecular formula is C9H8ClFO4S. The first-order valence-corrected chi connectivity index (χ1v) is 6.88. The van der Waals surface area contributed by atoms with E-state index in [9.17, 15) is 12.8 Å². The second-order valence-electron chi connectivity index (χ2n) is 3.35. The second-order valence-corrected chi connectivity index (χ2v) is 6.12. The lowest BCUT2D eigenvalue weighted by Gasteiger charge is -2.20. The van der Waals surface area contributed by atoms with Crippen LogP contribution in [0.2, 0.25) is 0 Å². The molecule has 0 atom stereocenters. The Balaban J connectivity index is 2.47. The number of hydrogen-bond donors (Lipinski definition) is 0. The van der Waals surface area contributed by atoms with Crippen molar-refractivity contribution in [1.82, 2.24) is 0 Å². The van der Waals surface area contributed by atoms with Crippen molar-refractivity contribution in [2.24, 2.45) is 0 Å². The summed E-state index contributed by atoms with van der Waals surface area (Å²) in [4.78, 5) is 0. The average molecular weight is 267 g/mol. The molecule has 16 heavy (non-hydrogen) atoms. The lowest BCUT2D eigenvalue weighted by molar-refractivity contribution is -0.0171. The fourth-order valence-electron chi connectivity index (χ4n) is 1.55. The summed E-state index contributed by atoms with van der Waals surface area (Å²) in [5.41, 5.74) is 0.704. The van der Waals surface area contributed by atoms with Gasteiger partial charge in [-0.3, -0.25) is 0 Å². The van der Waals surface area contributed by atoms with Crippen LogP contribution in [0.1, 0.15) is 11.1 Å². The molecule has 1 aliphatic heterocycles. The normalized spacial score (nSPS) is 15.4. The van der Waals surface area contributed by atoms with Crippen LogP contribution in [0.25, 0.3) is 0 Å². The van der Waals surface area contributed by atoms with Gasteiger partial charge in [0.25, 0.3) is 0 Å². The van der Waals surface area contributed by atoms with Gasteiger partial charge in [-0.15, -0.1) is 0 Å². The number of fused-ring (bicyclic) bond motifs is 1. The molecule has 0 saturated heterocycles. The van der Waals surface area contributed by atoms with Gasteiger partial charge in [0, 0.05) is 21.8 Å². The van der Waals surface area contributed by atoms with E-state index in [1.54, 1.807) is 0 Å². The molecule has 88 valence electrons. The molecule has 1 heterocycles. The van der Waals surface area contributed by atoms with Crippen molar-refractivity contribution in [2.45, 2.75) is 12.4 Å². The Kier molecular flexibility index (Phi) is 3.05. The molecule has 1 aromatic carbocycles. The topological polar surface area (TPSA) is 52.6 Å². The molecule has 0 fully saturated rings. The highest BCUT2D eigenvalue weighted by Gasteiger charge is 2.20. The van der Waals surface area contributed by atoms with Gasteiger partial charge in [-0.25, -0.2) is 12.8 Å². The third-order valence-electron chi connectivity index (χ3n) is 2.08. The summed E-state index contributed by atoms with van der Waals surface area (Å²) in [6.45, 7) is 0.219. The molecule has 0 unspecified atom stereocenters. The third-order valence-corrected chi connectivity index (χ3v) is 3.06. The Bertz CT molecular complexity index is 514. The molecule has 0 bridgehead atoms. The van der Waals surface area contributed by atoms with E-state index in [0.29, 0.717) is 11.3 Å². The van der Waals surface area contributed by atoms with E-state index in [2.05, 4.69) is 0 Å². The number of halogens is 2. The summed E-state index contributed by atoms with van der Waals surface area (Å²) in [6, 6.07) is 2.35. The van der Waals surface area contributed by atoms with Crippen molar-refractivity contribution in [3.8, 4) is 5.75 Å². The summed E-state index contributed by atoms with van der Waals surface area (Å²) in [6.07, 6.45) is 0. The molecule has 1 aliphatic rings. The summed E-state index contributed by atoms with van der Waals surface area (Å²) < 4.78 is 45.2. The zero-order valence-corrected chi connectivity index (χ0v) is 9.65. The van der Waals surface area contributed by atoms with Crippen LogP contribution in [0.5, 0.6) is 5.75 Å². The Morgan fingerprint density at radius 2 is 2.19 bits per heavy atom. The summed E-state index contributed by atoms with van der Waals surface area (Å²) in [5, 5.41) is 0. The smallest absolute Gasteiger partial charge is 0.236 e. The first kappa shape index (κ1) is 11.6. The van der Waals surface area contributed by atoms with Crippen LogP contribution in [0, 0.1) is 5.82 Å². The van der Waals surface area contributed by atoms with Crippen LogP contribution >= 0.6 is 10.7 Å². The highest BCUT2D eigenvalue weighted by Crippen LogP contribution is 2.31. The van der Waals surface area contributed by atoms with Crippen LogP contribution in [-0.4, -0.2) is 15.2 Å². The van der Waals surface area contributed by atoms with Gasteiger partial charge >= 0.3 is 0 Å². The number of hydrogen-bond acceptors (Lipinski definition) is 4. The predicted octanol–water partition coefficient (Wildman–Crippen LogP) is 1.76. The van der Waals surface area contributed by atoms with Crippen molar-refractivity contribution in [1.29, 1.82) is 0 Å². The fourth-order valence-corrected chi connectivity index (χ4v) is 2.49. The molecule has 2 rings (SSSR count). The zero-order valence-electron chi connectivity index (χ0n) is 8.07. The molecule has 0 saturated carbocycles. The van der Waals surface area contributed by atoms with Crippen LogP contribution in [0.4, 0.5) is 4.39 Å². The van der Waals surface area contributed by atoms with E-state index in [0.717, 1.165) is 6.07 Å². The quantitative estimate of drug-likeness (QED) is 0.766. The van der Waals surface area contributed by atoms with Gasteiger partial charge in [0.1, 0.15) is 11.6 Å². The molecule has 7 heteroatoms. The Morgan fingerprint density at radius 3 is 2.88 bits per heavy atom. The fraction of sp³-hybridized carbons (Fsp3) is 0.333. The van der Waals surface area contributed by atoms with Crippen LogP contribution in [-0.2, 0) is 26.1 Å².